The highest BCUT2D eigenvalue weighted by atomic mass is 32.2. The molecule has 0 fully saturated rings. The SMILES string of the molecule is CCc1ccc(OC)c(S(=O)(=O)Nc2noc3cc(Cn4ncc5c4CCN(C(=O)OC(C)(C)C)C5)cc(C)c23)c1. The Balaban J connectivity index is 1.36. The highest BCUT2D eigenvalue weighted by Gasteiger charge is 2.28. The average molecular weight is 582 g/mol. The van der Waals surface area contributed by atoms with Crippen LogP contribution in [0.15, 0.2) is 45.9 Å². The summed E-state index contributed by atoms with van der Waals surface area (Å²) in [6, 6.07) is 8.90. The van der Waals surface area contributed by atoms with Gasteiger partial charge in [-0.15, -0.1) is 0 Å². The number of benzene rings is 2. The van der Waals surface area contributed by atoms with E-state index >= 15 is 0 Å². The fraction of sp³-hybridized carbons (Fsp3) is 0.414. The molecule has 0 unspecified atom stereocenters. The molecule has 2 aromatic carbocycles. The fourth-order valence-electron chi connectivity index (χ4n) is 5.03. The summed E-state index contributed by atoms with van der Waals surface area (Å²) in [5.41, 5.74) is 4.57. The van der Waals surface area contributed by atoms with Crippen molar-refractivity contribution in [1.29, 1.82) is 0 Å². The van der Waals surface area contributed by atoms with Gasteiger partial charge in [0.25, 0.3) is 10.0 Å². The van der Waals surface area contributed by atoms with Gasteiger partial charge in [-0.2, -0.15) is 5.10 Å². The Morgan fingerprint density at radius 1 is 1.17 bits per heavy atom. The number of hydrogen-bond donors (Lipinski definition) is 1. The number of aryl methyl sites for hydroxylation is 2. The molecule has 0 spiro atoms. The van der Waals surface area contributed by atoms with Crippen LogP contribution >= 0.6 is 0 Å². The molecule has 12 heteroatoms. The third kappa shape index (κ3) is 5.88. The first-order valence-corrected chi connectivity index (χ1v) is 15.0. The summed E-state index contributed by atoms with van der Waals surface area (Å²) >= 11 is 0. The molecule has 11 nitrogen and oxygen atoms in total. The van der Waals surface area contributed by atoms with Crippen molar-refractivity contribution >= 4 is 32.9 Å². The minimum absolute atomic E-state index is 0.0402. The summed E-state index contributed by atoms with van der Waals surface area (Å²) in [7, 11) is -2.56. The first kappa shape index (κ1) is 28.5. The predicted octanol–water partition coefficient (Wildman–Crippen LogP) is 5.05. The number of hydrogen-bond acceptors (Lipinski definition) is 8. The Labute approximate surface area is 239 Å². The van der Waals surface area contributed by atoms with Crippen molar-refractivity contribution in [3.63, 3.8) is 0 Å². The summed E-state index contributed by atoms with van der Waals surface area (Å²) in [4.78, 5) is 14.3. The van der Waals surface area contributed by atoms with Gasteiger partial charge in [-0.3, -0.25) is 9.40 Å². The normalized spacial score (nSPS) is 13.8. The van der Waals surface area contributed by atoms with Gasteiger partial charge in [0, 0.05) is 24.2 Å². The van der Waals surface area contributed by atoms with E-state index in [4.69, 9.17) is 14.0 Å². The molecule has 5 rings (SSSR count). The van der Waals surface area contributed by atoms with Crippen LogP contribution < -0.4 is 9.46 Å². The van der Waals surface area contributed by atoms with E-state index in [1.54, 1.807) is 23.2 Å². The minimum Gasteiger partial charge on any atom is -0.495 e. The van der Waals surface area contributed by atoms with Crippen LogP contribution in [0.3, 0.4) is 0 Å². The topological polar surface area (TPSA) is 129 Å². The third-order valence-electron chi connectivity index (χ3n) is 6.99. The number of anilines is 1. The molecule has 0 saturated heterocycles. The van der Waals surface area contributed by atoms with Gasteiger partial charge in [0.2, 0.25) is 0 Å². The second kappa shape index (κ2) is 10.7. The van der Waals surface area contributed by atoms with Crippen LogP contribution in [-0.4, -0.2) is 53.6 Å². The van der Waals surface area contributed by atoms with E-state index in [0.717, 1.165) is 27.9 Å². The number of carbonyl (C=O) groups excluding carboxylic acids is 1. The first-order valence-electron chi connectivity index (χ1n) is 13.5. The molecule has 0 bridgehead atoms. The smallest absolute Gasteiger partial charge is 0.410 e. The monoisotopic (exact) mass is 581 g/mol. The van der Waals surface area contributed by atoms with Crippen molar-refractivity contribution in [3.05, 3.63) is 64.5 Å². The molecule has 0 saturated carbocycles. The molecule has 1 amide bonds. The Hall–Kier alpha value is -4.06. The standard InChI is InChI=1S/C29H35N5O6S/c1-7-19-8-9-23(38-6)25(14-19)41(36,37)32-27-26-18(2)12-20(13-24(26)40-31-27)16-34-22-10-11-33(17-21(22)15-30-34)28(35)39-29(3,4)5/h8-9,12-15H,7,10-11,16-17H2,1-6H3,(H,31,32). The Bertz CT molecular complexity index is 1720. The van der Waals surface area contributed by atoms with Crippen LogP contribution in [0.4, 0.5) is 10.6 Å². The van der Waals surface area contributed by atoms with Crippen LogP contribution in [0.25, 0.3) is 11.0 Å². The maximum atomic E-state index is 13.3. The number of methoxy groups -OCH3 is 1. The maximum absolute atomic E-state index is 13.3. The van der Waals surface area contributed by atoms with Gasteiger partial charge in [0.1, 0.15) is 16.2 Å². The molecule has 1 aliphatic heterocycles. The Kier molecular flexibility index (Phi) is 7.45. The van der Waals surface area contributed by atoms with Gasteiger partial charge in [-0.1, -0.05) is 24.2 Å². The molecule has 1 aliphatic rings. The number of rotatable bonds is 7. The summed E-state index contributed by atoms with van der Waals surface area (Å²) in [5.74, 6) is 0.366. The van der Waals surface area contributed by atoms with E-state index < -0.39 is 15.6 Å². The van der Waals surface area contributed by atoms with Crippen molar-refractivity contribution in [2.75, 3.05) is 18.4 Å². The molecule has 218 valence electrons. The van der Waals surface area contributed by atoms with Gasteiger partial charge in [0.15, 0.2) is 11.4 Å². The number of fused-ring (bicyclic) bond motifs is 2. The maximum Gasteiger partial charge on any atom is 0.410 e. The van der Waals surface area contributed by atoms with Gasteiger partial charge in [-0.25, -0.2) is 13.2 Å². The lowest BCUT2D eigenvalue weighted by Crippen LogP contribution is -2.40. The van der Waals surface area contributed by atoms with E-state index in [-0.39, 0.29) is 22.6 Å². The zero-order chi connectivity index (χ0) is 29.5. The molecule has 0 atom stereocenters. The second-order valence-corrected chi connectivity index (χ2v) is 12.8. The Morgan fingerprint density at radius 3 is 2.66 bits per heavy atom. The van der Waals surface area contributed by atoms with Crippen LogP contribution in [0.5, 0.6) is 5.75 Å². The van der Waals surface area contributed by atoms with Crippen molar-refractivity contribution in [3.8, 4) is 5.75 Å². The summed E-state index contributed by atoms with van der Waals surface area (Å²) in [6.07, 6.45) is 2.81. The number of nitrogens with one attached hydrogen (secondary N) is 1. The molecule has 3 heterocycles. The van der Waals surface area contributed by atoms with Crippen LogP contribution in [-0.2, 0) is 40.7 Å². The van der Waals surface area contributed by atoms with Gasteiger partial charge < -0.3 is 18.9 Å². The second-order valence-electron chi connectivity index (χ2n) is 11.2. The largest absolute Gasteiger partial charge is 0.495 e. The minimum atomic E-state index is -4.00. The van der Waals surface area contributed by atoms with Crippen LogP contribution in [0.1, 0.15) is 55.6 Å². The zero-order valence-electron chi connectivity index (χ0n) is 24.1. The third-order valence-corrected chi connectivity index (χ3v) is 8.35. The molecule has 1 N–H and O–H groups in total. The summed E-state index contributed by atoms with van der Waals surface area (Å²) < 4.78 is 47.6. The number of sulfonamides is 1. The average Bonchev–Trinajstić information content (AvgIpc) is 3.50. The highest BCUT2D eigenvalue weighted by molar-refractivity contribution is 7.92. The summed E-state index contributed by atoms with van der Waals surface area (Å²) in [6.45, 7) is 10.9. The number of aromatic nitrogens is 3. The number of amides is 1. The lowest BCUT2D eigenvalue weighted by atomic mass is 10.1. The molecular formula is C29H35N5O6S. The quantitative estimate of drug-likeness (QED) is 0.321. The first-order chi connectivity index (χ1) is 19.4. The van der Waals surface area contributed by atoms with E-state index in [2.05, 4.69) is 15.0 Å². The number of carbonyl (C=O) groups is 1. The van der Waals surface area contributed by atoms with Crippen LogP contribution in [0, 0.1) is 6.92 Å². The molecular weight excluding hydrogens is 546 g/mol. The number of nitrogens with zero attached hydrogens (tertiary/aromatic N) is 4. The molecule has 41 heavy (non-hydrogen) atoms. The van der Waals surface area contributed by atoms with E-state index in [9.17, 15) is 13.2 Å². The van der Waals surface area contributed by atoms with Crippen molar-refractivity contribution in [1.82, 2.24) is 19.8 Å². The van der Waals surface area contributed by atoms with Gasteiger partial charge in [-0.05, 0) is 69.0 Å². The lowest BCUT2D eigenvalue weighted by Gasteiger charge is -2.30. The van der Waals surface area contributed by atoms with Gasteiger partial charge >= 0.3 is 6.09 Å². The van der Waals surface area contributed by atoms with Crippen molar-refractivity contribution in [2.45, 2.75) is 71.0 Å². The number of ether oxygens (including phenoxy) is 2. The van der Waals surface area contributed by atoms with E-state index in [1.165, 1.54) is 7.11 Å². The van der Waals surface area contributed by atoms with Crippen molar-refractivity contribution < 1.29 is 27.2 Å². The van der Waals surface area contributed by atoms with Crippen molar-refractivity contribution in [2.24, 2.45) is 0 Å². The predicted molar refractivity (Wildman–Crippen MR) is 154 cm³/mol. The fourth-order valence-corrected chi connectivity index (χ4v) is 6.25. The van der Waals surface area contributed by atoms with Crippen LogP contribution in [0.2, 0.25) is 0 Å². The Morgan fingerprint density at radius 2 is 1.95 bits per heavy atom. The molecule has 4 aromatic rings. The molecule has 2 aromatic heterocycles. The van der Waals surface area contributed by atoms with E-state index in [1.807, 2.05) is 57.5 Å². The summed E-state index contributed by atoms with van der Waals surface area (Å²) in [5, 5.41) is 9.20. The molecule has 0 radical (unpaired) electrons. The highest BCUT2D eigenvalue weighted by Crippen LogP contribution is 2.32. The van der Waals surface area contributed by atoms with E-state index in [0.29, 0.717) is 43.4 Å². The molecule has 0 aliphatic carbocycles. The lowest BCUT2D eigenvalue weighted by molar-refractivity contribution is 0.0222. The zero-order valence-corrected chi connectivity index (χ0v) is 25.0. The van der Waals surface area contributed by atoms with Gasteiger partial charge in [0.05, 0.1) is 31.8 Å².